The number of carbonyl (C=O) groups is 2. The molecule has 2 N–H and O–H groups in total. The van der Waals surface area contributed by atoms with Gasteiger partial charge in [0.1, 0.15) is 0 Å². The van der Waals surface area contributed by atoms with E-state index >= 15 is 0 Å². The monoisotopic (exact) mass is 370 g/mol. The Morgan fingerprint density at radius 2 is 1.96 bits per heavy atom. The number of hydrogen-bond donors (Lipinski definition) is 1. The molecule has 1 heterocycles. The first-order valence-corrected chi connectivity index (χ1v) is 7.60. The standard InChI is InChI=1S/C17H17F3N2O4/c1-3-26-16(24)22-9-11(13(21)14(22)15(23)25-2)7-10-5-4-6-12(8-10)17(18,19)20/h4-6,8-9H,3,7,21H2,1-2H3. The molecule has 9 heteroatoms. The minimum absolute atomic E-state index is 0.00779. The number of aromatic nitrogens is 1. The van der Waals surface area contributed by atoms with E-state index in [0.717, 1.165) is 23.8 Å². The van der Waals surface area contributed by atoms with Crippen LogP contribution in [0.15, 0.2) is 30.5 Å². The lowest BCUT2D eigenvalue weighted by atomic mass is 10.0. The molecule has 0 fully saturated rings. The normalized spacial score (nSPS) is 11.3. The molecule has 0 aliphatic carbocycles. The molecule has 0 bridgehead atoms. The van der Waals surface area contributed by atoms with Crippen LogP contribution in [0.4, 0.5) is 23.7 Å². The zero-order valence-electron chi connectivity index (χ0n) is 14.1. The summed E-state index contributed by atoms with van der Waals surface area (Å²) in [6.07, 6.45) is -4.06. The molecule has 0 spiro atoms. The predicted molar refractivity (Wildman–Crippen MR) is 86.9 cm³/mol. The number of hydrogen-bond acceptors (Lipinski definition) is 5. The van der Waals surface area contributed by atoms with Gasteiger partial charge in [-0.2, -0.15) is 13.2 Å². The van der Waals surface area contributed by atoms with Crippen LogP contribution in [-0.2, 0) is 22.1 Å². The maximum atomic E-state index is 12.8. The van der Waals surface area contributed by atoms with Gasteiger partial charge in [0, 0.05) is 12.6 Å². The molecule has 0 saturated carbocycles. The fourth-order valence-electron chi connectivity index (χ4n) is 2.43. The zero-order chi connectivity index (χ0) is 19.5. The maximum absolute atomic E-state index is 12.8. The highest BCUT2D eigenvalue weighted by Gasteiger charge is 2.30. The molecular formula is C17H17F3N2O4. The number of carbonyl (C=O) groups excluding carboxylic acids is 2. The fraction of sp³-hybridized carbons (Fsp3) is 0.294. The molecule has 0 saturated heterocycles. The summed E-state index contributed by atoms with van der Waals surface area (Å²) in [5, 5.41) is 0. The molecule has 0 aliphatic rings. The Hall–Kier alpha value is -2.97. The molecule has 0 unspecified atom stereocenters. The highest BCUT2D eigenvalue weighted by Crippen LogP contribution is 2.31. The van der Waals surface area contributed by atoms with Gasteiger partial charge in [-0.15, -0.1) is 0 Å². The van der Waals surface area contributed by atoms with Gasteiger partial charge in [0.2, 0.25) is 0 Å². The Morgan fingerprint density at radius 3 is 2.54 bits per heavy atom. The molecule has 26 heavy (non-hydrogen) atoms. The third-order valence-electron chi connectivity index (χ3n) is 3.62. The molecule has 0 radical (unpaired) electrons. The quantitative estimate of drug-likeness (QED) is 0.833. The Labute approximate surface area is 147 Å². The molecule has 1 aromatic heterocycles. The second kappa shape index (κ2) is 7.51. The highest BCUT2D eigenvalue weighted by atomic mass is 19.4. The maximum Gasteiger partial charge on any atom is 0.418 e. The number of halogens is 3. The van der Waals surface area contributed by atoms with Crippen LogP contribution in [0.25, 0.3) is 0 Å². The van der Waals surface area contributed by atoms with Gasteiger partial charge < -0.3 is 15.2 Å². The van der Waals surface area contributed by atoms with Crippen molar-refractivity contribution in [1.29, 1.82) is 0 Å². The number of nitrogens with zero attached hydrogens (tertiary/aromatic N) is 1. The van der Waals surface area contributed by atoms with Crippen molar-refractivity contribution >= 4 is 17.7 Å². The summed E-state index contributed by atoms with van der Waals surface area (Å²) in [6, 6.07) is 4.71. The van der Waals surface area contributed by atoms with Crippen molar-refractivity contribution in [3.05, 3.63) is 52.8 Å². The van der Waals surface area contributed by atoms with Crippen molar-refractivity contribution in [2.24, 2.45) is 0 Å². The SMILES string of the molecule is CCOC(=O)n1cc(Cc2cccc(C(F)(F)F)c2)c(N)c1C(=O)OC. The molecule has 6 nitrogen and oxygen atoms in total. The van der Waals surface area contributed by atoms with Crippen molar-refractivity contribution < 1.29 is 32.2 Å². The Bertz CT molecular complexity index is 828. The number of methoxy groups -OCH3 is 1. The van der Waals surface area contributed by atoms with Crippen molar-refractivity contribution in [2.45, 2.75) is 19.5 Å². The van der Waals surface area contributed by atoms with E-state index < -0.39 is 23.8 Å². The number of benzene rings is 1. The van der Waals surface area contributed by atoms with Gasteiger partial charge >= 0.3 is 18.2 Å². The lowest BCUT2D eigenvalue weighted by molar-refractivity contribution is -0.137. The molecule has 2 aromatic rings. The summed E-state index contributed by atoms with van der Waals surface area (Å²) in [5.74, 6) is -0.856. The molecule has 1 aromatic carbocycles. The van der Waals surface area contributed by atoms with E-state index in [-0.39, 0.29) is 24.4 Å². The molecule has 2 rings (SSSR count). The molecular weight excluding hydrogens is 353 g/mol. The third-order valence-corrected chi connectivity index (χ3v) is 3.62. The van der Waals surface area contributed by atoms with Crippen LogP contribution in [0, 0.1) is 0 Å². The van der Waals surface area contributed by atoms with Crippen LogP contribution in [0.1, 0.15) is 34.1 Å². The van der Waals surface area contributed by atoms with Gasteiger partial charge in [-0.3, -0.25) is 0 Å². The molecule has 0 aliphatic heterocycles. The number of rotatable bonds is 4. The van der Waals surface area contributed by atoms with Crippen LogP contribution in [0.5, 0.6) is 0 Å². The second-order valence-electron chi connectivity index (χ2n) is 5.35. The number of anilines is 1. The summed E-state index contributed by atoms with van der Waals surface area (Å²) in [7, 11) is 1.12. The number of esters is 1. The number of alkyl halides is 3. The van der Waals surface area contributed by atoms with Gasteiger partial charge in [0.05, 0.1) is 25.0 Å². The minimum atomic E-state index is -4.48. The summed E-state index contributed by atoms with van der Waals surface area (Å²) in [5.41, 5.74) is 5.48. The number of nitrogens with two attached hydrogens (primary N) is 1. The van der Waals surface area contributed by atoms with E-state index in [9.17, 15) is 22.8 Å². The van der Waals surface area contributed by atoms with Crippen LogP contribution in [-0.4, -0.2) is 30.3 Å². The first kappa shape index (κ1) is 19.4. The minimum Gasteiger partial charge on any atom is -0.464 e. The summed E-state index contributed by atoms with van der Waals surface area (Å²) < 4.78 is 48.9. The largest absolute Gasteiger partial charge is 0.464 e. The molecule has 0 amide bonds. The Balaban J connectivity index is 2.45. The zero-order valence-corrected chi connectivity index (χ0v) is 14.1. The van der Waals surface area contributed by atoms with E-state index in [1.54, 1.807) is 6.92 Å². The van der Waals surface area contributed by atoms with Crippen molar-refractivity contribution in [3.63, 3.8) is 0 Å². The van der Waals surface area contributed by atoms with Gasteiger partial charge in [-0.05, 0) is 24.1 Å². The van der Waals surface area contributed by atoms with Gasteiger partial charge in [-0.1, -0.05) is 18.2 Å². The Kier molecular flexibility index (Phi) is 5.59. The van der Waals surface area contributed by atoms with E-state index in [1.165, 1.54) is 18.3 Å². The topological polar surface area (TPSA) is 83.5 Å². The van der Waals surface area contributed by atoms with E-state index in [2.05, 4.69) is 4.74 Å². The van der Waals surface area contributed by atoms with Crippen LogP contribution in [0.3, 0.4) is 0 Å². The molecule has 140 valence electrons. The first-order chi connectivity index (χ1) is 12.2. The number of nitrogen functional groups attached to an aromatic ring is 1. The second-order valence-corrected chi connectivity index (χ2v) is 5.35. The van der Waals surface area contributed by atoms with Gasteiger partial charge in [-0.25, -0.2) is 14.2 Å². The van der Waals surface area contributed by atoms with Crippen LogP contribution in [0.2, 0.25) is 0 Å². The average Bonchev–Trinajstić information content (AvgIpc) is 2.91. The summed E-state index contributed by atoms with van der Waals surface area (Å²) in [4.78, 5) is 24.0. The van der Waals surface area contributed by atoms with Crippen molar-refractivity contribution in [2.75, 3.05) is 19.5 Å². The van der Waals surface area contributed by atoms with E-state index in [0.29, 0.717) is 11.1 Å². The Morgan fingerprint density at radius 1 is 1.27 bits per heavy atom. The van der Waals surface area contributed by atoms with Crippen LogP contribution >= 0.6 is 0 Å². The highest BCUT2D eigenvalue weighted by molar-refractivity contribution is 5.98. The first-order valence-electron chi connectivity index (χ1n) is 7.60. The van der Waals surface area contributed by atoms with E-state index in [4.69, 9.17) is 10.5 Å². The van der Waals surface area contributed by atoms with Crippen LogP contribution < -0.4 is 5.73 Å². The van der Waals surface area contributed by atoms with Crippen molar-refractivity contribution in [1.82, 2.24) is 4.57 Å². The fourth-order valence-corrected chi connectivity index (χ4v) is 2.43. The smallest absolute Gasteiger partial charge is 0.418 e. The lowest BCUT2D eigenvalue weighted by Crippen LogP contribution is -2.19. The van der Waals surface area contributed by atoms with Gasteiger partial charge in [0.15, 0.2) is 5.69 Å². The summed E-state index contributed by atoms with van der Waals surface area (Å²) >= 11 is 0. The van der Waals surface area contributed by atoms with Crippen molar-refractivity contribution in [3.8, 4) is 0 Å². The summed E-state index contributed by atoms with van der Waals surface area (Å²) in [6.45, 7) is 1.66. The van der Waals surface area contributed by atoms with E-state index in [1.807, 2.05) is 0 Å². The lowest BCUT2D eigenvalue weighted by Gasteiger charge is -2.08. The van der Waals surface area contributed by atoms with Gasteiger partial charge in [0.25, 0.3) is 0 Å². The average molecular weight is 370 g/mol. The third kappa shape index (κ3) is 3.98. The number of ether oxygens (including phenoxy) is 2. The predicted octanol–water partition coefficient (Wildman–Crippen LogP) is 3.47. The molecule has 0 atom stereocenters.